The van der Waals surface area contributed by atoms with Gasteiger partial charge in [0.2, 0.25) is 0 Å². The number of nitrogen functional groups attached to an aromatic ring is 1. The van der Waals surface area contributed by atoms with Crippen LogP contribution in [0, 0.1) is 0 Å². The van der Waals surface area contributed by atoms with E-state index in [1.54, 1.807) is 0 Å². The van der Waals surface area contributed by atoms with Crippen LogP contribution in [0.1, 0.15) is 31.2 Å². The highest BCUT2D eigenvalue weighted by molar-refractivity contribution is 7.53. The number of fused-ring (bicyclic) bond motifs is 3. The minimum atomic E-state index is -3.39. The summed E-state index contributed by atoms with van der Waals surface area (Å²) in [7, 11) is -3.39. The van der Waals surface area contributed by atoms with Gasteiger partial charge >= 0.3 is 7.60 Å². The van der Waals surface area contributed by atoms with Crippen LogP contribution in [0.15, 0.2) is 48.5 Å². The zero-order chi connectivity index (χ0) is 26.0. The molecule has 0 aliphatic carbocycles. The van der Waals surface area contributed by atoms with E-state index in [4.69, 9.17) is 40.8 Å². The Hall–Kier alpha value is -2.52. The number of imidazole rings is 1. The molecule has 4 aromatic rings. The molecule has 0 radical (unpaired) electrons. The molecule has 1 atom stereocenters. The number of anilines is 1. The van der Waals surface area contributed by atoms with Crippen LogP contribution >= 0.6 is 19.2 Å². The number of ether oxygens (including phenoxy) is 2. The van der Waals surface area contributed by atoms with Crippen molar-refractivity contribution in [1.82, 2.24) is 14.5 Å². The van der Waals surface area contributed by atoms with Crippen molar-refractivity contribution in [2.75, 3.05) is 31.9 Å². The highest BCUT2D eigenvalue weighted by Crippen LogP contribution is 2.53. The Labute approximate surface area is 220 Å². The molecule has 1 saturated heterocycles. The Morgan fingerprint density at radius 2 is 1.97 bits per heavy atom. The van der Waals surface area contributed by atoms with Crippen molar-refractivity contribution >= 4 is 47.0 Å². The van der Waals surface area contributed by atoms with E-state index < -0.39 is 7.60 Å². The molecule has 1 aliphatic heterocycles. The second-order valence-electron chi connectivity index (χ2n) is 9.05. The van der Waals surface area contributed by atoms with Crippen molar-refractivity contribution < 1.29 is 23.1 Å². The van der Waals surface area contributed by atoms with Gasteiger partial charge in [0.05, 0.1) is 36.9 Å². The highest BCUT2D eigenvalue weighted by Gasteiger charge is 2.34. The third-order valence-electron chi connectivity index (χ3n) is 6.35. The van der Waals surface area contributed by atoms with Crippen molar-refractivity contribution in [2.45, 2.75) is 39.0 Å². The molecule has 2 aromatic heterocycles. The van der Waals surface area contributed by atoms with Gasteiger partial charge in [-0.3, -0.25) is 4.57 Å². The summed E-state index contributed by atoms with van der Waals surface area (Å²) < 4.78 is 38.2. The van der Waals surface area contributed by atoms with Crippen molar-refractivity contribution in [3.8, 4) is 0 Å². The smallest absolute Gasteiger partial charge is 0.356 e. The van der Waals surface area contributed by atoms with Crippen LogP contribution in [0.4, 0.5) is 5.82 Å². The Balaban J connectivity index is 1.31. The number of para-hydroxylation sites is 1. The molecule has 9 nitrogen and oxygen atoms in total. The molecule has 1 aliphatic rings. The normalized spacial score (nSPS) is 21.0. The predicted octanol–water partition coefficient (Wildman–Crippen LogP) is 5.74. The standard InChI is InChI=1S/C26H30ClN4O5P/c1-3-33-15-23-30-24-25(21-9-4-5-10-22(21)29-26(24)28)31(23)12-17(2)34-16-37(32)35-13-19(14-36-37)18-7-6-8-20(27)11-18/h4-11,17,19H,3,12-16H2,1-2H3,(H2,28,29). The van der Waals surface area contributed by atoms with Crippen LogP contribution < -0.4 is 5.73 Å². The van der Waals surface area contributed by atoms with Gasteiger partial charge in [-0.05, 0) is 37.6 Å². The third kappa shape index (κ3) is 5.67. The van der Waals surface area contributed by atoms with Crippen LogP contribution in [-0.2, 0) is 36.2 Å². The van der Waals surface area contributed by atoms with Gasteiger partial charge in [-0.2, -0.15) is 0 Å². The number of nitrogens with two attached hydrogens (primary N) is 1. The molecule has 0 amide bonds. The number of rotatable bonds is 9. The first-order valence-electron chi connectivity index (χ1n) is 12.2. The molecular weight excluding hydrogens is 515 g/mol. The Morgan fingerprint density at radius 3 is 2.73 bits per heavy atom. The quantitative estimate of drug-likeness (QED) is 0.265. The van der Waals surface area contributed by atoms with Gasteiger partial charge in [0.25, 0.3) is 0 Å². The first-order chi connectivity index (χ1) is 17.9. The molecule has 196 valence electrons. The molecule has 1 unspecified atom stereocenters. The number of hydrogen-bond donors (Lipinski definition) is 1. The number of benzene rings is 2. The number of pyridine rings is 1. The molecule has 2 aromatic carbocycles. The molecule has 0 spiro atoms. The van der Waals surface area contributed by atoms with Crippen LogP contribution in [0.25, 0.3) is 21.9 Å². The fourth-order valence-corrected chi connectivity index (χ4v) is 6.13. The lowest BCUT2D eigenvalue weighted by Gasteiger charge is -2.30. The maximum Gasteiger partial charge on any atom is 0.356 e. The van der Waals surface area contributed by atoms with Crippen LogP contribution in [0.3, 0.4) is 0 Å². The van der Waals surface area contributed by atoms with Gasteiger partial charge in [0.1, 0.15) is 24.3 Å². The summed E-state index contributed by atoms with van der Waals surface area (Å²) >= 11 is 6.10. The largest absolute Gasteiger partial charge is 0.382 e. The summed E-state index contributed by atoms with van der Waals surface area (Å²) in [5.41, 5.74) is 9.53. The minimum absolute atomic E-state index is 0.0380. The third-order valence-corrected chi connectivity index (χ3v) is 8.13. The van der Waals surface area contributed by atoms with E-state index in [0.717, 1.165) is 27.8 Å². The predicted molar refractivity (Wildman–Crippen MR) is 144 cm³/mol. The van der Waals surface area contributed by atoms with E-state index in [9.17, 15) is 4.57 Å². The average molecular weight is 545 g/mol. The average Bonchev–Trinajstić information content (AvgIpc) is 3.25. The summed E-state index contributed by atoms with van der Waals surface area (Å²) in [4.78, 5) is 9.25. The fraction of sp³-hybridized carbons (Fsp3) is 0.385. The molecule has 2 N–H and O–H groups in total. The highest BCUT2D eigenvalue weighted by atomic mass is 35.5. The lowest BCUT2D eigenvalue weighted by Crippen LogP contribution is -2.24. The van der Waals surface area contributed by atoms with Gasteiger partial charge in [0, 0.05) is 22.9 Å². The van der Waals surface area contributed by atoms with Gasteiger partial charge in [-0.1, -0.05) is 41.9 Å². The second-order valence-corrected chi connectivity index (χ2v) is 11.5. The van der Waals surface area contributed by atoms with E-state index in [1.807, 2.05) is 66.9 Å². The van der Waals surface area contributed by atoms with Gasteiger partial charge in [-0.25, -0.2) is 9.97 Å². The Kier molecular flexibility index (Phi) is 7.81. The fourth-order valence-electron chi connectivity index (χ4n) is 4.45. The maximum atomic E-state index is 13.2. The topological polar surface area (TPSA) is 111 Å². The molecule has 11 heteroatoms. The number of halogens is 1. The van der Waals surface area contributed by atoms with Gasteiger partial charge < -0.3 is 28.8 Å². The van der Waals surface area contributed by atoms with Gasteiger partial charge in [-0.15, -0.1) is 0 Å². The zero-order valence-corrected chi connectivity index (χ0v) is 22.5. The maximum absolute atomic E-state index is 13.2. The molecule has 1 fully saturated rings. The van der Waals surface area contributed by atoms with E-state index in [2.05, 4.69) is 4.98 Å². The summed E-state index contributed by atoms with van der Waals surface area (Å²) in [5.74, 6) is 1.05. The number of hydrogen-bond acceptors (Lipinski definition) is 8. The molecule has 0 bridgehead atoms. The summed E-state index contributed by atoms with van der Waals surface area (Å²) in [6.45, 7) is 5.71. The Morgan fingerprint density at radius 1 is 1.19 bits per heavy atom. The summed E-state index contributed by atoms with van der Waals surface area (Å²) in [6.07, 6.45) is -0.469. The Bertz CT molecular complexity index is 1450. The molecule has 0 saturated carbocycles. The first kappa shape index (κ1) is 26.1. The minimum Gasteiger partial charge on any atom is -0.382 e. The molecule has 37 heavy (non-hydrogen) atoms. The number of aromatic nitrogens is 3. The van der Waals surface area contributed by atoms with Crippen molar-refractivity contribution in [3.05, 3.63) is 64.9 Å². The summed E-state index contributed by atoms with van der Waals surface area (Å²) in [6, 6.07) is 15.3. The molecule has 5 rings (SSSR count). The number of nitrogens with zero attached hydrogens (tertiary/aromatic N) is 3. The molecule has 3 heterocycles. The van der Waals surface area contributed by atoms with Crippen LogP contribution in [-0.4, -0.2) is 46.8 Å². The molecular formula is C26H30ClN4O5P. The van der Waals surface area contributed by atoms with Crippen LogP contribution in [0.2, 0.25) is 5.02 Å². The monoisotopic (exact) mass is 544 g/mol. The van der Waals surface area contributed by atoms with Crippen molar-refractivity contribution in [3.63, 3.8) is 0 Å². The first-order valence-corrected chi connectivity index (χ1v) is 14.3. The van der Waals surface area contributed by atoms with E-state index in [0.29, 0.717) is 36.1 Å². The SMILES string of the molecule is CCOCc1nc2c(N)nc3ccccc3c2n1CC(C)OCP1(=O)OCC(c2cccc(Cl)c2)CO1. The van der Waals surface area contributed by atoms with E-state index in [-0.39, 0.29) is 31.6 Å². The van der Waals surface area contributed by atoms with Crippen LogP contribution in [0.5, 0.6) is 0 Å². The van der Waals surface area contributed by atoms with Gasteiger partial charge in [0.15, 0.2) is 5.82 Å². The lowest BCUT2D eigenvalue weighted by molar-refractivity contribution is 0.0492. The van der Waals surface area contributed by atoms with Crippen molar-refractivity contribution in [1.29, 1.82) is 0 Å². The van der Waals surface area contributed by atoms with E-state index in [1.165, 1.54) is 0 Å². The zero-order valence-electron chi connectivity index (χ0n) is 20.8. The lowest BCUT2D eigenvalue weighted by atomic mass is 10.0. The summed E-state index contributed by atoms with van der Waals surface area (Å²) in [5, 5.41) is 1.58. The second kappa shape index (κ2) is 11.1. The van der Waals surface area contributed by atoms with Crippen molar-refractivity contribution in [2.24, 2.45) is 0 Å². The van der Waals surface area contributed by atoms with E-state index >= 15 is 0 Å².